The highest BCUT2D eigenvalue weighted by Gasteiger charge is 2.40. The van der Waals surface area contributed by atoms with E-state index in [1.807, 2.05) is 14.1 Å². The number of rotatable bonds is 5. The highest BCUT2D eigenvalue weighted by Crippen LogP contribution is 2.35. The molecule has 19 heavy (non-hydrogen) atoms. The van der Waals surface area contributed by atoms with Gasteiger partial charge in [-0.25, -0.2) is 4.79 Å². The molecule has 2 rings (SSSR count). The average Bonchev–Trinajstić information content (AvgIpc) is 2.75. The summed E-state index contributed by atoms with van der Waals surface area (Å²) in [6.07, 6.45) is 2.81. The van der Waals surface area contributed by atoms with Crippen molar-refractivity contribution in [1.29, 1.82) is 0 Å². The Bertz CT molecular complexity index is 366. The molecular formula is C13H22N2O4. The number of nitrogens with zero attached hydrogens (tertiary/aromatic N) is 1. The molecule has 1 heterocycles. The van der Waals surface area contributed by atoms with E-state index in [1.54, 1.807) is 0 Å². The van der Waals surface area contributed by atoms with E-state index in [9.17, 15) is 9.59 Å². The smallest absolute Gasteiger partial charge is 0.332 e. The lowest BCUT2D eigenvalue weighted by Gasteiger charge is -2.47. The maximum absolute atomic E-state index is 12.0. The Kier molecular flexibility index (Phi) is 4.10. The molecule has 0 aromatic heterocycles. The molecular weight excluding hydrogens is 248 g/mol. The number of carbonyl (C=O) groups is 2. The van der Waals surface area contributed by atoms with E-state index in [0.717, 1.165) is 12.8 Å². The van der Waals surface area contributed by atoms with Crippen LogP contribution in [0.1, 0.15) is 32.1 Å². The summed E-state index contributed by atoms with van der Waals surface area (Å²) in [5.74, 6) is -1.17. The van der Waals surface area contributed by atoms with Crippen LogP contribution in [0.15, 0.2) is 0 Å². The van der Waals surface area contributed by atoms with Crippen molar-refractivity contribution in [2.75, 3.05) is 20.6 Å². The SMILES string of the molecule is CN(C)C1(CNC(=O)[C@@H]2CC[C@H](C(=O)O)O2)CCC1. The summed E-state index contributed by atoms with van der Waals surface area (Å²) in [4.78, 5) is 24.9. The Morgan fingerprint density at radius 1 is 1.32 bits per heavy atom. The first-order valence-corrected chi connectivity index (χ1v) is 6.78. The number of hydrogen-bond donors (Lipinski definition) is 2. The van der Waals surface area contributed by atoms with Gasteiger partial charge in [-0.1, -0.05) is 0 Å². The van der Waals surface area contributed by atoms with E-state index in [0.29, 0.717) is 19.4 Å². The minimum absolute atomic E-state index is 0.0699. The van der Waals surface area contributed by atoms with Gasteiger partial charge in [0.25, 0.3) is 0 Å². The maximum atomic E-state index is 12.0. The van der Waals surface area contributed by atoms with Gasteiger partial charge in [0.15, 0.2) is 6.10 Å². The molecule has 0 unspecified atom stereocenters. The van der Waals surface area contributed by atoms with Gasteiger partial charge in [0, 0.05) is 12.1 Å². The van der Waals surface area contributed by atoms with E-state index in [2.05, 4.69) is 10.2 Å². The molecule has 0 aromatic carbocycles. The van der Waals surface area contributed by atoms with E-state index < -0.39 is 18.2 Å². The van der Waals surface area contributed by atoms with Crippen LogP contribution < -0.4 is 5.32 Å². The second-order valence-corrected chi connectivity index (χ2v) is 5.72. The Labute approximate surface area is 113 Å². The predicted molar refractivity (Wildman–Crippen MR) is 68.8 cm³/mol. The fourth-order valence-electron chi connectivity index (χ4n) is 2.74. The topological polar surface area (TPSA) is 78.9 Å². The van der Waals surface area contributed by atoms with Crippen molar-refractivity contribution in [3.63, 3.8) is 0 Å². The van der Waals surface area contributed by atoms with Gasteiger partial charge in [0.1, 0.15) is 6.10 Å². The first-order valence-electron chi connectivity index (χ1n) is 6.78. The van der Waals surface area contributed by atoms with Crippen LogP contribution in [0.5, 0.6) is 0 Å². The molecule has 6 nitrogen and oxygen atoms in total. The summed E-state index contributed by atoms with van der Waals surface area (Å²) >= 11 is 0. The van der Waals surface area contributed by atoms with E-state index >= 15 is 0 Å². The number of ether oxygens (including phenoxy) is 1. The molecule has 6 heteroatoms. The fourth-order valence-corrected chi connectivity index (χ4v) is 2.74. The highest BCUT2D eigenvalue weighted by molar-refractivity contribution is 5.82. The summed E-state index contributed by atoms with van der Waals surface area (Å²) < 4.78 is 5.24. The molecule has 108 valence electrons. The van der Waals surface area contributed by atoms with Gasteiger partial charge in [0.2, 0.25) is 5.91 Å². The fraction of sp³-hybridized carbons (Fsp3) is 0.846. The van der Waals surface area contributed by atoms with Crippen LogP contribution in [0.2, 0.25) is 0 Å². The molecule has 1 saturated carbocycles. The molecule has 2 atom stereocenters. The molecule has 0 radical (unpaired) electrons. The van der Waals surface area contributed by atoms with Crippen LogP contribution in [0.25, 0.3) is 0 Å². The van der Waals surface area contributed by atoms with Gasteiger partial charge < -0.3 is 20.1 Å². The quantitative estimate of drug-likeness (QED) is 0.747. The lowest BCUT2D eigenvalue weighted by atomic mass is 9.75. The van der Waals surface area contributed by atoms with Crippen LogP contribution >= 0.6 is 0 Å². The van der Waals surface area contributed by atoms with Crippen molar-refractivity contribution in [1.82, 2.24) is 10.2 Å². The van der Waals surface area contributed by atoms with E-state index in [1.165, 1.54) is 6.42 Å². The number of carboxylic acids is 1. The van der Waals surface area contributed by atoms with Crippen molar-refractivity contribution in [2.45, 2.75) is 49.9 Å². The summed E-state index contributed by atoms with van der Waals surface area (Å²) in [6.45, 7) is 0.608. The third-order valence-electron chi connectivity index (χ3n) is 4.41. The zero-order valence-corrected chi connectivity index (χ0v) is 11.5. The Balaban J connectivity index is 1.81. The summed E-state index contributed by atoms with van der Waals surface area (Å²) in [5.41, 5.74) is 0.0699. The zero-order valence-electron chi connectivity index (χ0n) is 11.5. The van der Waals surface area contributed by atoms with Crippen LogP contribution in [-0.4, -0.2) is 60.3 Å². The normalized spacial score (nSPS) is 29.0. The summed E-state index contributed by atoms with van der Waals surface area (Å²) in [7, 11) is 4.05. The molecule has 1 aliphatic carbocycles. The first-order chi connectivity index (χ1) is 8.94. The molecule has 2 N–H and O–H groups in total. The van der Waals surface area contributed by atoms with Crippen molar-refractivity contribution in [3.05, 3.63) is 0 Å². The number of aliphatic carboxylic acids is 1. The van der Waals surface area contributed by atoms with Gasteiger partial charge in [0.05, 0.1) is 0 Å². The van der Waals surface area contributed by atoms with E-state index in [-0.39, 0.29) is 11.4 Å². The molecule has 2 aliphatic rings. The van der Waals surface area contributed by atoms with Gasteiger partial charge in [-0.2, -0.15) is 0 Å². The van der Waals surface area contributed by atoms with Crippen molar-refractivity contribution < 1.29 is 19.4 Å². The van der Waals surface area contributed by atoms with Crippen LogP contribution in [-0.2, 0) is 14.3 Å². The van der Waals surface area contributed by atoms with Crippen LogP contribution in [0, 0.1) is 0 Å². The van der Waals surface area contributed by atoms with Crippen LogP contribution in [0.3, 0.4) is 0 Å². The standard InChI is InChI=1S/C13H22N2O4/c1-15(2)13(6-3-7-13)8-14-11(16)9-4-5-10(19-9)12(17)18/h9-10H,3-8H2,1-2H3,(H,14,16)(H,17,18)/t9-,10+/m0/s1. The summed E-state index contributed by atoms with van der Waals surface area (Å²) in [6, 6.07) is 0. The van der Waals surface area contributed by atoms with Crippen molar-refractivity contribution in [3.8, 4) is 0 Å². The zero-order chi connectivity index (χ0) is 14.0. The second kappa shape index (κ2) is 5.46. The molecule has 0 aromatic rings. The highest BCUT2D eigenvalue weighted by atomic mass is 16.5. The minimum Gasteiger partial charge on any atom is -0.479 e. The lowest BCUT2D eigenvalue weighted by Crippen LogP contribution is -2.58. The predicted octanol–water partition coefficient (Wildman–Crippen LogP) is 0.219. The van der Waals surface area contributed by atoms with E-state index in [4.69, 9.17) is 9.84 Å². The molecule has 1 aliphatic heterocycles. The molecule has 2 fully saturated rings. The molecule has 1 saturated heterocycles. The van der Waals surface area contributed by atoms with Gasteiger partial charge in [-0.15, -0.1) is 0 Å². The Hall–Kier alpha value is -1.14. The number of carbonyl (C=O) groups excluding carboxylic acids is 1. The monoisotopic (exact) mass is 270 g/mol. The van der Waals surface area contributed by atoms with Gasteiger partial charge in [-0.3, -0.25) is 4.79 Å². The van der Waals surface area contributed by atoms with Gasteiger partial charge in [-0.05, 0) is 46.2 Å². The van der Waals surface area contributed by atoms with Crippen LogP contribution in [0.4, 0.5) is 0 Å². The maximum Gasteiger partial charge on any atom is 0.332 e. The third kappa shape index (κ3) is 2.90. The van der Waals surface area contributed by atoms with Gasteiger partial charge >= 0.3 is 5.97 Å². The average molecular weight is 270 g/mol. The van der Waals surface area contributed by atoms with Crippen molar-refractivity contribution >= 4 is 11.9 Å². The first kappa shape index (κ1) is 14.3. The third-order valence-corrected chi connectivity index (χ3v) is 4.41. The number of amides is 1. The Morgan fingerprint density at radius 2 is 1.95 bits per heavy atom. The molecule has 0 spiro atoms. The number of nitrogens with one attached hydrogen (secondary N) is 1. The molecule has 0 bridgehead atoms. The summed E-state index contributed by atoms with van der Waals surface area (Å²) in [5, 5.41) is 11.7. The number of hydrogen-bond acceptors (Lipinski definition) is 4. The largest absolute Gasteiger partial charge is 0.479 e. The Morgan fingerprint density at radius 3 is 2.37 bits per heavy atom. The lowest BCUT2D eigenvalue weighted by molar-refractivity contribution is -0.152. The second-order valence-electron chi connectivity index (χ2n) is 5.72. The van der Waals surface area contributed by atoms with Crippen molar-refractivity contribution in [2.24, 2.45) is 0 Å². The molecule has 1 amide bonds. The minimum atomic E-state index is -0.987. The number of likely N-dealkylation sites (N-methyl/N-ethyl adjacent to an activating group) is 1. The number of carboxylic acid groups (broad SMARTS) is 1.